The van der Waals surface area contributed by atoms with Gasteiger partial charge in [-0.3, -0.25) is 0 Å². The number of nitrogen functional groups attached to an aromatic ring is 1. The minimum Gasteiger partial charge on any atom is -0.423 e. The fourth-order valence-electron chi connectivity index (χ4n) is 1.27. The Kier molecular flexibility index (Phi) is 2.96. The van der Waals surface area contributed by atoms with E-state index in [4.69, 9.17) is 15.8 Å². The molecular formula is C8H9BF3NO2. The molecular weight excluding hydrogens is 210 g/mol. The van der Waals surface area contributed by atoms with E-state index in [1.165, 1.54) is 13.0 Å². The molecule has 0 fully saturated rings. The topological polar surface area (TPSA) is 66.5 Å². The van der Waals surface area contributed by atoms with Crippen LogP contribution in [0.3, 0.4) is 0 Å². The van der Waals surface area contributed by atoms with Crippen molar-refractivity contribution in [2.24, 2.45) is 0 Å². The molecule has 1 rings (SSSR count). The molecule has 0 saturated carbocycles. The van der Waals surface area contributed by atoms with Gasteiger partial charge in [0.2, 0.25) is 0 Å². The lowest BCUT2D eigenvalue weighted by atomic mass is 9.75. The molecule has 0 heterocycles. The van der Waals surface area contributed by atoms with E-state index in [1.807, 2.05) is 0 Å². The minimum absolute atomic E-state index is 0.242. The molecule has 82 valence electrons. The summed E-state index contributed by atoms with van der Waals surface area (Å²) in [6.07, 6.45) is -4.70. The number of hydrogen-bond donors (Lipinski definition) is 3. The van der Waals surface area contributed by atoms with Crippen LogP contribution in [0.2, 0.25) is 0 Å². The summed E-state index contributed by atoms with van der Waals surface area (Å²) in [6.45, 7) is 1.41. The molecule has 0 atom stereocenters. The maximum Gasteiger partial charge on any atom is 0.489 e. The summed E-state index contributed by atoms with van der Waals surface area (Å²) in [5.74, 6) is 0. The number of rotatable bonds is 1. The summed E-state index contributed by atoms with van der Waals surface area (Å²) in [7, 11) is -2.19. The second-order valence-electron chi connectivity index (χ2n) is 3.13. The van der Waals surface area contributed by atoms with Crippen molar-refractivity contribution in [3.8, 4) is 0 Å². The molecule has 3 nitrogen and oxygen atoms in total. The van der Waals surface area contributed by atoms with Crippen LogP contribution in [0.5, 0.6) is 0 Å². The van der Waals surface area contributed by atoms with Crippen LogP contribution in [0.4, 0.5) is 18.9 Å². The van der Waals surface area contributed by atoms with Crippen molar-refractivity contribution < 1.29 is 23.2 Å². The first kappa shape index (κ1) is 11.9. The Balaban J connectivity index is 3.49. The first-order chi connectivity index (χ1) is 6.75. The highest BCUT2D eigenvalue weighted by atomic mass is 19.4. The van der Waals surface area contributed by atoms with Gasteiger partial charge in [-0.1, -0.05) is 12.1 Å². The third kappa shape index (κ3) is 2.24. The molecule has 1 aromatic carbocycles. The average molecular weight is 219 g/mol. The Labute approximate surface area is 84.5 Å². The second kappa shape index (κ2) is 3.75. The van der Waals surface area contributed by atoms with E-state index >= 15 is 0 Å². The fraction of sp³-hybridized carbons (Fsp3) is 0.250. The molecule has 15 heavy (non-hydrogen) atoms. The zero-order valence-corrected chi connectivity index (χ0v) is 7.84. The standard InChI is InChI=1S/C8H9BF3NO2/c1-4-2-3-5(9(14)15)6(7(4)13)8(10,11)12/h2-3,14-15H,13H2,1H3. The van der Waals surface area contributed by atoms with E-state index in [-0.39, 0.29) is 5.56 Å². The van der Waals surface area contributed by atoms with Crippen molar-refractivity contribution in [2.75, 3.05) is 5.73 Å². The molecule has 0 radical (unpaired) electrons. The van der Waals surface area contributed by atoms with E-state index in [2.05, 4.69) is 0 Å². The first-order valence-corrected chi connectivity index (χ1v) is 4.07. The molecule has 0 aliphatic rings. The summed E-state index contributed by atoms with van der Waals surface area (Å²) in [6, 6.07) is 2.30. The van der Waals surface area contributed by atoms with Crippen molar-refractivity contribution in [2.45, 2.75) is 13.1 Å². The van der Waals surface area contributed by atoms with Crippen LogP contribution in [0.25, 0.3) is 0 Å². The smallest absolute Gasteiger partial charge is 0.423 e. The molecule has 7 heteroatoms. The molecule has 0 aliphatic heterocycles. The zero-order chi connectivity index (χ0) is 11.8. The van der Waals surface area contributed by atoms with Crippen LogP contribution in [-0.2, 0) is 6.18 Å². The molecule has 0 unspecified atom stereocenters. The Hall–Kier alpha value is -1.21. The quantitative estimate of drug-likeness (QED) is 0.469. The normalized spacial score (nSPS) is 11.6. The van der Waals surface area contributed by atoms with Crippen molar-refractivity contribution in [3.63, 3.8) is 0 Å². The lowest BCUT2D eigenvalue weighted by molar-refractivity contribution is -0.136. The summed E-state index contributed by atoms with van der Waals surface area (Å²) in [4.78, 5) is 0. The average Bonchev–Trinajstić information content (AvgIpc) is 2.06. The number of halogens is 3. The van der Waals surface area contributed by atoms with E-state index in [9.17, 15) is 13.2 Å². The molecule has 0 aromatic heterocycles. The SMILES string of the molecule is Cc1ccc(B(O)O)c(C(F)(F)F)c1N. The van der Waals surface area contributed by atoms with Crippen LogP contribution in [0.15, 0.2) is 12.1 Å². The number of hydrogen-bond acceptors (Lipinski definition) is 3. The highest BCUT2D eigenvalue weighted by Crippen LogP contribution is 2.33. The molecule has 0 spiro atoms. The Morgan fingerprint density at radius 1 is 1.27 bits per heavy atom. The van der Waals surface area contributed by atoms with Gasteiger partial charge in [0.05, 0.1) is 5.56 Å². The van der Waals surface area contributed by atoms with E-state index in [0.717, 1.165) is 6.07 Å². The predicted octanol–water partition coefficient (Wildman–Crippen LogP) is 0.276. The van der Waals surface area contributed by atoms with Crippen LogP contribution in [0, 0.1) is 6.92 Å². The van der Waals surface area contributed by atoms with Gasteiger partial charge in [-0.05, 0) is 17.9 Å². The van der Waals surface area contributed by atoms with Gasteiger partial charge >= 0.3 is 13.3 Å². The van der Waals surface area contributed by atoms with Gasteiger partial charge in [-0.25, -0.2) is 0 Å². The van der Waals surface area contributed by atoms with Gasteiger partial charge in [0.15, 0.2) is 0 Å². The second-order valence-corrected chi connectivity index (χ2v) is 3.13. The zero-order valence-electron chi connectivity index (χ0n) is 7.84. The van der Waals surface area contributed by atoms with E-state index < -0.39 is 30.0 Å². The summed E-state index contributed by atoms with van der Waals surface area (Å²) in [5, 5.41) is 17.6. The number of aryl methyl sites for hydroxylation is 1. The van der Waals surface area contributed by atoms with Gasteiger partial charge in [-0.15, -0.1) is 0 Å². The maximum atomic E-state index is 12.5. The number of benzene rings is 1. The molecule has 0 amide bonds. The van der Waals surface area contributed by atoms with Gasteiger partial charge in [-0.2, -0.15) is 13.2 Å². The fourth-order valence-corrected chi connectivity index (χ4v) is 1.27. The molecule has 0 aliphatic carbocycles. The summed E-state index contributed by atoms with van der Waals surface area (Å²) in [5.41, 5.74) is 3.21. The predicted molar refractivity (Wildman–Crippen MR) is 50.4 cm³/mol. The van der Waals surface area contributed by atoms with Crippen molar-refractivity contribution in [1.29, 1.82) is 0 Å². The first-order valence-electron chi connectivity index (χ1n) is 4.07. The van der Waals surface area contributed by atoms with Crippen LogP contribution < -0.4 is 11.2 Å². The number of alkyl halides is 3. The van der Waals surface area contributed by atoms with Crippen LogP contribution in [-0.4, -0.2) is 17.2 Å². The van der Waals surface area contributed by atoms with Gasteiger partial charge in [0.1, 0.15) is 0 Å². The summed E-state index contributed by atoms with van der Waals surface area (Å²) < 4.78 is 37.6. The Bertz CT molecular complexity index is 379. The van der Waals surface area contributed by atoms with Crippen molar-refractivity contribution in [1.82, 2.24) is 0 Å². The number of nitrogens with two attached hydrogens (primary N) is 1. The minimum atomic E-state index is -4.70. The van der Waals surface area contributed by atoms with Gasteiger partial charge in [0, 0.05) is 5.69 Å². The third-order valence-corrected chi connectivity index (χ3v) is 2.06. The summed E-state index contributed by atoms with van der Waals surface area (Å²) >= 11 is 0. The largest absolute Gasteiger partial charge is 0.489 e. The maximum absolute atomic E-state index is 12.5. The monoisotopic (exact) mass is 219 g/mol. The van der Waals surface area contributed by atoms with Crippen molar-refractivity contribution >= 4 is 18.3 Å². The highest BCUT2D eigenvalue weighted by molar-refractivity contribution is 6.59. The highest BCUT2D eigenvalue weighted by Gasteiger charge is 2.38. The van der Waals surface area contributed by atoms with Crippen LogP contribution in [0.1, 0.15) is 11.1 Å². The molecule has 0 bridgehead atoms. The molecule has 1 aromatic rings. The molecule has 0 saturated heterocycles. The van der Waals surface area contributed by atoms with Crippen LogP contribution >= 0.6 is 0 Å². The molecule has 4 N–H and O–H groups in total. The Morgan fingerprint density at radius 3 is 2.20 bits per heavy atom. The Morgan fingerprint density at radius 2 is 1.80 bits per heavy atom. The van der Waals surface area contributed by atoms with E-state index in [0.29, 0.717) is 0 Å². The lowest BCUT2D eigenvalue weighted by Crippen LogP contribution is -2.37. The lowest BCUT2D eigenvalue weighted by Gasteiger charge is -2.16. The van der Waals surface area contributed by atoms with Gasteiger partial charge in [0.25, 0.3) is 0 Å². The third-order valence-electron chi connectivity index (χ3n) is 2.06. The van der Waals surface area contributed by atoms with Crippen molar-refractivity contribution in [3.05, 3.63) is 23.3 Å². The van der Waals surface area contributed by atoms with E-state index in [1.54, 1.807) is 0 Å². The number of anilines is 1. The van der Waals surface area contributed by atoms with Gasteiger partial charge < -0.3 is 15.8 Å².